The molecule has 17 heavy (non-hydrogen) atoms. The lowest BCUT2D eigenvalue weighted by Crippen LogP contribution is -2.38. The lowest BCUT2D eigenvalue weighted by atomic mass is 9.84. The number of halogens is 2. The second-order valence-electron chi connectivity index (χ2n) is 5.33. The fraction of sp³-hybridized carbons (Fsp3) is 0.538. The van der Waals surface area contributed by atoms with Crippen molar-refractivity contribution in [1.29, 1.82) is 0 Å². The summed E-state index contributed by atoms with van der Waals surface area (Å²) >= 11 is 5.57. The molecule has 0 saturated carbocycles. The molecule has 0 bridgehead atoms. The zero-order valence-corrected chi connectivity index (χ0v) is 11.0. The Labute approximate surface area is 106 Å². The summed E-state index contributed by atoms with van der Waals surface area (Å²) in [5.41, 5.74) is 0.201. The molecule has 0 aliphatic carbocycles. The van der Waals surface area contributed by atoms with Crippen LogP contribution in [0.3, 0.4) is 0 Å². The van der Waals surface area contributed by atoms with E-state index in [0.29, 0.717) is 5.56 Å². The zero-order chi connectivity index (χ0) is 13.2. The van der Waals surface area contributed by atoms with Crippen LogP contribution in [0.25, 0.3) is 0 Å². The van der Waals surface area contributed by atoms with E-state index < -0.39 is 23.4 Å². The molecule has 2 unspecified atom stereocenters. The average Bonchev–Trinajstić information content (AvgIpc) is 2.21. The summed E-state index contributed by atoms with van der Waals surface area (Å²) in [6.07, 6.45) is -1.58. The third-order valence-electron chi connectivity index (χ3n) is 2.68. The number of hydrogen-bond acceptors (Lipinski definition) is 2. The van der Waals surface area contributed by atoms with Gasteiger partial charge in [-0.05, 0) is 23.1 Å². The second-order valence-corrected chi connectivity index (χ2v) is 5.74. The maximum Gasteiger partial charge on any atom is 0.142 e. The molecule has 0 fully saturated rings. The highest BCUT2D eigenvalue weighted by Gasteiger charge is 2.29. The highest BCUT2D eigenvalue weighted by atomic mass is 35.5. The van der Waals surface area contributed by atoms with E-state index in [0.717, 1.165) is 0 Å². The normalized spacial score (nSPS) is 15.7. The van der Waals surface area contributed by atoms with Crippen LogP contribution in [0, 0.1) is 11.2 Å². The predicted molar refractivity (Wildman–Crippen MR) is 66.6 cm³/mol. The van der Waals surface area contributed by atoms with Gasteiger partial charge in [-0.2, -0.15) is 0 Å². The molecule has 0 aliphatic heterocycles. The molecule has 2 atom stereocenters. The van der Waals surface area contributed by atoms with Crippen LogP contribution in [0.4, 0.5) is 4.39 Å². The molecule has 0 saturated heterocycles. The van der Waals surface area contributed by atoms with Gasteiger partial charge in [0.25, 0.3) is 0 Å². The van der Waals surface area contributed by atoms with Crippen molar-refractivity contribution in [3.63, 3.8) is 0 Å². The standard InChI is InChI=1S/C13H18ClFO2/c1-13(2,3)12(17)11(16)7-8-4-5-9(14)10(15)6-8/h4-6,11-12,16-17H,7H2,1-3H3. The SMILES string of the molecule is CC(C)(C)C(O)C(O)Cc1ccc(Cl)c(F)c1. The van der Waals surface area contributed by atoms with Crippen molar-refractivity contribution in [2.45, 2.75) is 39.4 Å². The van der Waals surface area contributed by atoms with Crippen molar-refractivity contribution in [1.82, 2.24) is 0 Å². The molecule has 1 aromatic rings. The summed E-state index contributed by atoms with van der Waals surface area (Å²) in [4.78, 5) is 0. The van der Waals surface area contributed by atoms with Gasteiger partial charge in [0.05, 0.1) is 17.2 Å². The highest BCUT2D eigenvalue weighted by Crippen LogP contribution is 2.24. The quantitative estimate of drug-likeness (QED) is 0.877. The third-order valence-corrected chi connectivity index (χ3v) is 2.99. The van der Waals surface area contributed by atoms with Crippen LogP contribution in [0.5, 0.6) is 0 Å². The van der Waals surface area contributed by atoms with Gasteiger partial charge in [0.15, 0.2) is 0 Å². The lowest BCUT2D eigenvalue weighted by molar-refractivity contribution is -0.0434. The molecule has 96 valence electrons. The Morgan fingerprint density at radius 3 is 2.35 bits per heavy atom. The molecule has 0 amide bonds. The van der Waals surface area contributed by atoms with Gasteiger partial charge < -0.3 is 10.2 Å². The Bertz CT molecular complexity index is 387. The van der Waals surface area contributed by atoms with E-state index >= 15 is 0 Å². The van der Waals surface area contributed by atoms with Crippen LogP contribution >= 0.6 is 11.6 Å². The first-order valence-electron chi connectivity index (χ1n) is 5.52. The number of rotatable bonds is 3. The fourth-order valence-corrected chi connectivity index (χ4v) is 1.71. The van der Waals surface area contributed by atoms with Crippen molar-refractivity contribution in [3.8, 4) is 0 Å². The zero-order valence-electron chi connectivity index (χ0n) is 10.2. The van der Waals surface area contributed by atoms with Crippen LogP contribution in [0.1, 0.15) is 26.3 Å². The maximum absolute atomic E-state index is 13.2. The summed E-state index contributed by atoms with van der Waals surface area (Å²) in [5.74, 6) is -0.512. The van der Waals surface area contributed by atoms with E-state index in [1.54, 1.807) is 6.07 Å². The van der Waals surface area contributed by atoms with Crippen LogP contribution in [-0.4, -0.2) is 22.4 Å². The van der Waals surface area contributed by atoms with E-state index in [9.17, 15) is 14.6 Å². The molecule has 1 aromatic carbocycles. The van der Waals surface area contributed by atoms with Gasteiger partial charge in [-0.25, -0.2) is 4.39 Å². The van der Waals surface area contributed by atoms with Gasteiger partial charge >= 0.3 is 0 Å². The predicted octanol–water partition coefficient (Wildman–Crippen LogP) is 2.79. The molecular formula is C13H18ClFO2. The first kappa shape index (κ1) is 14.4. The van der Waals surface area contributed by atoms with Gasteiger partial charge in [-0.3, -0.25) is 0 Å². The summed E-state index contributed by atoms with van der Waals surface area (Å²) in [6.45, 7) is 5.51. The largest absolute Gasteiger partial charge is 0.390 e. The minimum Gasteiger partial charge on any atom is -0.390 e. The van der Waals surface area contributed by atoms with E-state index in [2.05, 4.69) is 0 Å². The Morgan fingerprint density at radius 2 is 1.88 bits per heavy atom. The molecule has 0 aliphatic rings. The van der Waals surface area contributed by atoms with Crippen molar-refractivity contribution in [2.24, 2.45) is 5.41 Å². The van der Waals surface area contributed by atoms with Crippen molar-refractivity contribution < 1.29 is 14.6 Å². The monoisotopic (exact) mass is 260 g/mol. The molecule has 0 spiro atoms. The van der Waals surface area contributed by atoms with E-state index in [4.69, 9.17) is 11.6 Å². The number of hydrogen-bond donors (Lipinski definition) is 2. The molecule has 0 heterocycles. The second kappa shape index (κ2) is 5.34. The Kier molecular flexibility index (Phi) is 4.53. The molecule has 0 radical (unpaired) electrons. The summed E-state index contributed by atoms with van der Waals surface area (Å²) in [6, 6.07) is 4.37. The van der Waals surface area contributed by atoms with Gasteiger partial charge in [0, 0.05) is 6.42 Å². The van der Waals surface area contributed by atoms with Crippen LogP contribution in [-0.2, 0) is 6.42 Å². The first-order chi connectivity index (χ1) is 7.71. The van der Waals surface area contributed by atoms with Crippen LogP contribution < -0.4 is 0 Å². The average molecular weight is 261 g/mol. The summed E-state index contributed by atoms with van der Waals surface area (Å²) in [7, 11) is 0. The van der Waals surface area contributed by atoms with Gasteiger partial charge in [0.2, 0.25) is 0 Å². The maximum atomic E-state index is 13.2. The minimum atomic E-state index is -0.921. The molecule has 2 nitrogen and oxygen atoms in total. The van der Waals surface area contributed by atoms with Crippen molar-refractivity contribution in [3.05, 3.63) is 34.6 Å². The van der Waals surface area contributed by atoms with Crippen molar-refractivity contribution in [2.75, 3.05) is 0 Å². The summed E-state index contributed by atoms with van der Waals surface area (Å²) in [5, 5.41) is 19.8. The topological polar surface area (TPSA) is 40.5 Å². The van der Waals surface area contributed by atoms with E-state index in [-0.39, 0.29) is 11.4 Å². The number of aliphatic hydroxyl groups is 2. The Hall–Kier alpha value is -0.640. The minimum absolute atomic E-state index is 0.0552. The van der Waals surface area contributed by atoms with Crippen LogP contribution in [0.2, 0.25) is 5.02 Å². The molecule has 1 rings (SSSR count). The fourth-order valence-electron chi connectivity index (χ4n) is 1.60. The number of aliphatic hydroxyl groups excluding tert-OH is 2. The van der Waals surface area contributed by atoms with E-state index in [1.807, 2.05) is 20.8 Å². The Balaban J connectivity index is 2.74. The van der Waals surface area contributed by atoms with Crippen LogP contribution in [0.15, 0.2) is 18.2 Å². The van der Waals surface area contributed by atoms with E-state index in [1.165, 1.54) is 12.1 Å². The van der Waals surface area contributed by atoms with Crippen molar-refractivity contribution >= 4 is 11.6 Å². The first-order valence-corrected chi connectivity index (χ1v) is 5.89. The third kappa shape index (κ3) is 3.95. The molecule has 2 N–H and O–H groups in total. The van der Waals surface area contributed by atoms with Gasteiger partial charge in [-0.15, -0.1) is 0 Å². The lowest BCUT2D eigenvalue weighted by Gasteiger charge is -2.30. The molecular weight excluding hydrogens is 243 g/mol. The number of benzene rings is 1. The molecule has 4 heteroatoms. The van der Waals surface area contributed by atoms with Gasteiger partial charge in [0.1, 0.15) is 5.82 Å². The smallest absolute Gasteiger partial charge is 0.142 e. The highest BCUT2D eigenvalue weighted by molar-refractivity contribution is 6.30. The summed E-state index contributed by atoms with van der Waals surface area (Å²) < 4.78 is 13.2. The molecule has 0 aromatic heterocycles. The Morgan fingerprint density at radius 1 is 1.29 bits per heavy atom. The van der Waals surface area contributed by atoms with Gasteiger partial charge in [-0.1, -0.05) is 38.4 Å².